The van der Waals surface area contributed by atoms with Crippen molar-refractivity contribution in [2.75, 3.05) is 31.6 Å². The van der Waals surface area contributed by atoms with Crippen LogP contribution in [0.3, 0.4) is 0 Å². The number of hydrogen-bond donors (Lipinski definition) is 1. The third-order valence-electron chi connectivity index (χ3n) is 5.30. The molecule has 2 fully saturated rings. The summed E-state index contributed by atoms with van der Waals surface area (Å²) < 4.78 is 11.2. The van der Waals surface area contributed by atoms with Gasteiger partial charge in [0.15, 0.2) is 0 Å². The van der Waals surface area contributed by atoms with Crippen molar-refractivity contribution in [2.45, 2.75) is 32.1 Å². The van der Waals surface area contributed by atoms with Crippen LogP contribution in [0.15, 0.2) is 28.7 Å². The van der Waals surface area contributed by atoms with Crippen molar-refractivity contribution < 1.29 is 18.7 Å². The van der Waals surface area contributed by atoms with E-state index in [-0.39, 0.29) is 17.6 Å². The first-order chi connectivity index (χ1) is 12.7. The summed E-state index contributed by atoms with van der Waals surface area (Å²) >= 11 is 0. The lowest BCUT2D eigenvalue weighted by Crippen LogP contribution is -2.40. The molecule has 1 saturated carbocycles. The zero-order valence-electron chi connectivity index (χ0n) is 14.8. The number of carbonyl (C=O) groups excluding carboxylic acids is 2. The maximum Gasteiger partial charge on any atom is 0.291 e. The normalized spacial score (nSPS) is 18.4. The van der Waals surface area contributed by atoms with Gasteiger partial charge < -0.3 is 19.4 Å². The molecule has 0 atom stereocenters. The number of anilines is 1. The Morgan fingerprint density at radius 2 is 1.85 bits per heavy atom. The van der Waals surface area contributed by atoms with Crippen molar-refractivity contribution in [1.29, 1.82) is 0 Å². The highest BCUT2D eigenvalue weighted by Gasteiger charge is 2.28. The molecule has 2 aliphatic rings. The fourth-order valence-corrected chi connectivity index (χ4v) is 3.90. The molecule has 26 heavy (non-hydrogen) atoms. The van der Waals surface area contributed by atoms with Crippen LogP contribution in [-0.2, 0) is 9.53 Å². The second-order valence-electron chi connectivity index (χ2n) is 7.11. The SMILES string of the molecule is O=C(CC1CCCC1)Nc1c(C(=O)N2CCOCC2)oc2ccccc12. The number of furan rings is 1. The molecule has 1 N–H and O–H groups in total. The maximum atomic E-state index is 12.9. The molecule has 2 heterocycles. The number of fused-ring (bicyclic) bond motifs is 1. The molecule has 6 heteroatoms. The van der Waals surface area contributed by atoms with Gasteiger partial charge in [0.05, 0.1) is 13.2 Å². The average molecular weight is 356 g/mol. The number of ether oxygens (including phenoxy) is 1. The zero-order valence-corrected chi connectivity index (χ0v) is 14.8. The summed E-state index contributed by atoms with van der Waals surface area (Å²) in [6.45, 7) is 2.11. The topological polar surface area (TPSA) is 71.8 Å². The van der Waals surface area contributed by atoms with E-state index in [4.69, 9.17) is 9.15 Å². The van der Waals surface area contributed by atoms with Crippen LogP contribution in [0.5, 0.6) is 0 Å². The summed E-state index contributed by atoms with van der Waals surface area (Å²) in [6, 6.07) is 7.44. The highest BCUT2D eigenvalue weighted by atomic mass is 16.5. The third kappa shape index (κ3) is 3.46. The summed E-state index contributed by atoms with van der Waals surface area (Å²) in [4.78, 5) is 27.2. The number of benzene rings is 1. The van der Waals surface area contributed by atoms with Crippen LogP contribution < -0.4 is 5.32 Å². The largest absolute Gasteiger partial charge is 0.449 e. The van der Waals surface area contributed by atoms with Crippen molar-refractivity contribution in [2.24, 2.45) is 5.92 Å². The summed E-state index contributed by atoms with van der Waals surface area (Å²) in [6.07, 6.45) is 5.13. The fourth-order valence-electron chi connectivity index (χ4n) is 3.90. The first-order valence-electron chi connectivity index (χ1n) is 9.41. The standard InChI is InChI=1S/C20H24N2O4/c23-17(13-14-5-1-2-6-14)21-18-15-7-3-4-8-16(15)26-19(18)20(24)22-9-11-25-12-10-22/h3-4,7-8,14H,1-2,5-6,9-13H2,(H,21,23). The van der Waals surface area contributed by atoms with Gasteiger partial charge in [-0.15, -0.1) is 0 Å². The summed E-state index contributed by atoms with van der Waals surface area (Å²) in [5.74, 6) is 0.430. The smallest absolute Gasteiger partial charge is 0.291 e. The molecule has 0 spiro atoms. The van der Waals surface area contributed by atoms with Crippen molar-refractivity contribution in [3.05, 3.63) is 30.0 Å². The number of nitrogens with zero attached hydrogens (tertiary/aromatic N) is 1. The molecule has 1 aromatic carbocycles. The number of hydrogen-bond acceptors (Lipinski definition) is 4. The molecule has 1 saturated heterocycles. The minimum atomic E-state index is -0.194. The lowest BCUT2D eigenvalue weighted by Gasteiger charge is -2.26. The molecular formula is C20H24N2O4. The van der Waals surface area contributed by atoms with Gasteiger partial charge in [-0.25, -0.2) is 0 Å². The van der Waals surface area contributed by atoms with Crippen LogP contribution >= 0.6 is 0 Å². The quantitative estimate of drug-likeness (QED) is 0.911. The van der Waals surface area contributed by atoms with Gasteiger partial charge >= 0.3 is 0 Å². The lowest BCUT2D eigenvalue weighted by atomic mass is 10.0. The monoisotopic (exact) mass is 356 g/mol. The van der Waals surface area contributed by atoms with E-state index in [0.717, 1.165) is 18.2 Å². The van der Waals surface area contributed by atoms with E-state index in [2.05, 4.69) is 5.32 Å². The molecule has 0 unspecified atom stereocenters. The van der Waals surface area contributed by atoms with Crippen molar-refractivity contribution in [3.63, 3.8) is 0 Å². The number of carbonyl (C=O) groups is 2. The van der Waals surface area contributed by atoms with Gasteiger partial charge in [-0.2, -0.15) is 0 Å². The van der Waals surface area contributed by atoms with Crippen molar-refractivity contribution >= 4 is 28.5 Å². The Hall–Kier alpha value is -2.34. The van der Waals surface area contributed by atoms with Crippen LogP contribution in [-0.4, -0.2) is 43.0 Å². The maximum absolute atomic E-state index is 12.9. The van der Waals surface area contributed by atoms with Gasteiger partial charge in [0.25, 0.3) is 5.91 Å². The number of rotatable bonds is 4. The molecular weight excluding hydrogens is 332 g/mol. The molecule has 4 rings (SSSR count). The molecule has 6 nitrogen and oxygen atoms in total. The predicted molar refractivity (Wildman–Crippen MR) is 98.1 cm³/mol. The molecule has 1 aliphatic carbocycles. The third-order valence-corrected chi connectivity index (χ3v) is 5.30. The number of morpholine rings is 1. The van der Waals surface area contributed by atoms with Crippen LogP contribution in [0, 0.1) is 5.92 Å². The zero-order chi connectivity index (χ0) is 17.9. The van der Waals surface area contributed by atoms with Gasteiger partial charge in [-0.05, 0) is 30.9 Å². The Kier molecular flexibility index (Phi) is 4.93. The molecule has 2 amide bonds. The first kappa shape index (κ1) is 17.1. The van der Waals surface area contributed by atoms with Crippen LogP contribution in [0.2, 0.25) is 0 Å². The van der Waals surface area contributed by atoms with E-state index < -0.39 is 0 Å². The van der Waals surface area contributed by atoms with Crippen molar-refractivity contribution in [3.8, 4) is 0 Å². The van der Waals surface area contributed by atoms with E-state index >= 15 is 0 Å². The lowest BCUT2D eigenvalue weighted by molar-refractivity contribution is -0.117. The van der Waals surface area contributed by atoms with E-state index in [9.17, 15) is 9.59 Å². The average Bonchev–Trinajstić information content (AvgIpc) is 3.30. The number of nitrogens with one attached hydrogen (secondary N) is 1. The van der Waals surface area contributed by atoms with Crippen molar-refractivity contribution in [1.82, 2.24) is 4.90 Å². The number of amides is 2. The van der Waals surface area contributed by atoms with Gasteiger partial charge in [-0.3, -0.25) is 9.59 Å². The Balaban J connectivity index is 1.60. The van der Waals surface area contributed by atoms with Crippen LogP contribution in [0.25, 0.3) is 11.0 Å². The first-order valence-corrected chi connectivity index (χ1v) is 9.41. The van der Waals surface area contributed by atoms with E-state index in [1.807, 2.05) is 24.3 Å². The second-order valence-corrected chi connectivity index (χ2v) is 7.11. The summed E-state index contributed by atoms with van der Waals surface area (Å²) in [7, 11) is 0. The Morgan fingerprint density at radius 1 is 1.12 bits per heavy atom. The fraction of sp³-hybridized carbons (Fsp3) is 0.500. The minimum absolute atomic E-state index is 0.0421. The summed E-state index contributed by atoms with van der Waals surface area (Å²) in [5, 5.41) is 3.74. The Labute approximate surface area is 152 Å². The molecule has 138 valence electrons. The molecule has 2 aromatic rings. The van der Waals surface area contributed by atoms with E-state index in [1.54, 1.807) is 4.90 Å². The molecule has 1 aromatic heterocycles. The highest BCUT2D eigenvalue weighted by molar-refractivity contribution is 6.10. The second kappa shape index (κ2) is 7.50. The minimum Gasteiger partial charge on any atom is -0.449 e. The van der Waals surface area contributed by atoms with Gasteiger partial charge in [0.1, 0.15) is 11.3 Å². The van der Waals surface area contributed by atoms with Gasteiger partial charge in [0.2, 0.25) is 11.7 Å². The number of para-hydroxylation sites is 1. The highest BCUT2D eigenvalue weighted by Crippen LogP contribution is 2.33. The molecule has 1 aliphatic heterocycles. The Bertz CT molecular complexity index is 801. The van der Waals surface area contributed by atoms with E-state index in [0.29, 0.717) is 49.9 Å². The molecule has 0 radical (unpaired) electrons. The van der Waals surface area contributed by atoms with Gasteiger partial charge in [0, 0.05) is 24.9 Å². The van der Waals surface area contributed by atoms with Gasteiger partial charge in [-0.1, -0.05) is 25.0 Å². The Morgan fingerprint density at radius 3 is 2.62 bits per heavy atom. The van der Waals surface area contributed by atoms with Crippen LogP contribution in [0.1, 0.15) is 42.7 Å². The predicted octanol–water partition coefficient (Wildman–Crippen LogP) is 3.42. The van der Waals surface area contributed by atoms with Crippen LogP contribution in [0.4, 0.5) is 5.69 Å². The molecule has 0 bridgehead atoms. The summed E-state index contributed by atoms with van der Waals surface area (Å²) in [5.41, 5.74) is 1.11. The van der Waals surface area contributed by atoms with E-state index in [1.165, 1.54) is 12.8 Å².